The molecule has 1 aliphatic heterocycles. The number of fused-ring (bicyclic) bond motifs is 1. The smallest absolute Gasteiger partial charge is 0.254 e. The molecule has 88 valence electrons. The Morgan fingerprint density at radius 3 is 2.81 bits per heavy atom. The predicted octanol–water partition coefficient (Wildman–Crippen LogP) is 0.657. The fraction of sp³-hybridized carbons (Fsp3) is 0.667. The van der Waals surface area contributed by atoms with Crippen molar-refractivity contribution in [1.29, 1.82) is 0 Å². The van der Waals surface area contributed by atoms with Crippen molar-refractivity contribution >= 4 is 0 Å². The Balaban J connectivity index is 2.36. The Bertz CT molecular complexity index is 423. The number of aromatic nitrogens is 2. The standard InChI is InChI=1S/C12H19N3O/c1-8(2)7-11-14-10-4-6-13-5-3-9(10)12(16)15-11/h8,13H,3-7H2,1-2H3,(H,14,15,16). The summed E-state index contributed by atoms with van der Waals surface area (Å²) in [5.41, 5.74) is 1.92. The van der Waals surface area contributed by atoms with Gasteiger partial charge in [-0.2, -0.15) is 0 Å². The van der Waals surface area contributed by atoms with Crippen LogP contribution in [0.3, 0.4) is 0 Å². The van der Waals surface area contributed by atoms with Crippen molar-refractivity contribution < 1.29 is 0 Å². The van der Waals surface area contributed by atoms with E-state index in [2.05, 4.69) is 29.1 Å². The first-order valence-corrected chi connectivity index (χ1v) is 5.98. The Morgan fingerprint density at radius 2 is 2.06 bits per heavy atom. The largest absolute Gasteiger partial charge is 0.316 e. The summed E-state index contributed by atoms with van der Waals surface area (Å²) < 4.78 is 0. The second kappa shape index (κ2) is 4.78. The number of aromatic amines is 1. The Hall–Kier alpha value is -1.16. The van der Waals surface area contributed by atoms with Gasteiger partial charge in [-0.3, -0.25) is 4.79 Å². The van der Waals surface area contributed by atoms with Crippen LogP contribution in [-0.2, 0) is 19.3 Å². The second-order valence-electron chi connectivity index (χ2n) is 4.79. The van der Waals surface area contributed by atoms with Crippen LogP contribution in [0.1, 0.15) is 30.9 Å². The average molecular weight is 221 g/mol. The predicted molar refractivity (Wildman–Crippen MR) is 63.7 cm³/mol. The van der Waals surface area contributed by atoms with Gasteiger partial charge in [0.2, 0.25) is 0 Å². The van der Waals surface area contributed by atoms with Crippen LogP contribution in [0, 0.1) is 5.92 Å². The van der Waals surface area contributed by atoms with E-state index in [0.717, 1.165) is 49.4 Å². The van der Waals surface area contributed by atoms with Crippen molar-refractivity contribution in [2.45, 2.75) is 33.1 Å². The molecule has 0 saturated carbocycles. The number of hydrogen-bond donors (Lipinski definition) is 2. The molecule has 0 amide bonds. The molecule has 4 nitrogen and oxygen atoms in total. The van der Waals surface area contributed by atoms with E-state index in [4.69, 9.17) is 0 Å². The molecular formula is C12H19N3O. The summed E-state index contributed by atoms with van der Waals surface area (Å²) in [6.45, 7) is 6.06. The van der Waals surface area contributed by atoms with Crippen LogP contribution in [0.15, 0.2) is 4.79 Å². The number of hydrogen-bond acceptors (Lipinski definition) is 3. The second-order valence-corrected chi connectivity index (χ2v) is 4.79. The molecule has 0 saturated heterocycles. The summed E-state index contributed by atoms with van der Waals surface area (Å²) in [4.78, 5) is 19.4. The highest BCUT2D eigenvalue weighted by Crippen LogP contribution is 2.08. The third-order valence-electron chi connectivity index (χ3n) is 2.84. The summed E-state index contributed by atoms with van der Waals surface area (Å²) in [6, 6.07) is 0. The summed E-state index contributed by atoms with van der Waals surface area (Å²) in [5, 5.41) is 3.29. The Morgan fingerprint density at radius 1 is 1.31 bits per heavy atom. The van der Waals surface area contributed by atoms with Crippen molar-refractivity contribution in [1.82, 2.24) is 15.3 Å². The highest BCUT2D eigenvalue weighted by atomic mass is 16.1. The molecule has 0 bridgehead atoms. The molecule has 4 heteroatoms. The van der Waals surface area contributed by atoms with E-state index in [1.54, 1.807) is 0 Å². The topological polar surface area (TPSA) is 57.8 Å². The molecule has 2 rings (SSSR count). The van der Waals surface area contributed by atoms with Crippen molar-refractivity contribution in [2.75, 3.05) is 13.1 Å². The van der Waals surface area contributed by atoms with E-state index in [0.29, 0.717) is 5.92 Å². The third kappa shape index (κ3) is 2.50. The molecule has 0 aliphatic carbocycles. The number of nitrogens with one attached hydrogen (secondary N) is 2. The molecule has 2 heterocycles. The van der Waals surface area contributed by atoms with Gasteiger partial charge in [0.1, 0.15) is 5.82 Å². The normalized spacial score (nSPS) is 15.9. The van der Waals surface area contributed by atoms with Crippen LogP contribution in [0.5, 0.6) is 0 Å². The van der Waals surface area contributed by atoms with Gasteiger partial charge in [-0.05, 0) is 18.9 Å². The van der Waals surface area contributed by atoms with Gasteiger partial charge >= 0.3 is 0 Å². The molecule has 0 atom stereocenters. The summed E-state index contributed by atoms with van der Waals surface area (Å²) in [5.74, 6) is 1.35. The van der Waals surface area contributed by atoms with Gasteiger partial charge in [-0.15, -0.1) is 0 Å². The maximum Gasteiger partial charge on any atom is 0.254 e. The zero-order chi connectivity index (χ0) is 11.5. The van der Waals surface area contributed by atoms with Gasteiger partial charge in [0.05, 0.1) is 5.69 Å². The quantitative estimate of drug-likeness (QED) is 0.771. The third-order valence-corrected chi connectivity index (χ3v) is 2.84. The van der Waals surface area contributed by atoms with Crippen molar-refractivity contribution in [3.05, 3.63) is 27.4 Å². The van der Waals surface area contributed by atoms with Crippen LogP contribution < -0.4 is 10.9 Å². The summed E-state index contributed by atoms with van der Waals surface area (Å²) in [7, 11) is 0. The molecule has 2 N–H and O–H groups in total. The highest BCUT2D eigenvalue weighted by molar-refractivity contribution is 5.20. The van der Waals surface area contributed by atoms with Crippen molar-refractivity contribution in [3.63, 3.8) is 0 Å². The molecule has 0 unspecified atom stereocenters. The number of nitrogens with zero attached hydrogens (tertiary/aromatic N) is 1. The molecular weight excluding hydrogens is 202 g/mol. The van der Waals surface area contributed by atoms with Crippen LogP contribution >= 0.6 is 0 Å². The summed E-state index contributed by atoms with van der Waals surface area (Å²) >= 11 is 0. The molecule has 0 spiro atoms. The first kappa shape index (κ1) is 11.3. The average Bonchev–Trinajstić information content (AvgIpc) is 2.41. The monoisotopic (exact) mass is 221 g/mol. The molecule has 0 radical (unpaired) electrons. The van der Waals surface area contributed by atoms with Gasteiger partial charge in [0, 0.05) is 24.9 Å². The van der Waals surface area contributed by atoms with E-state index >= 15 is 0 Å². The van der Waals surface area contributed by atoms with E-state index in [-0.39, 0.29) is 5.56 Å². The summed E-state index contributed by atoms with van der Waals surface area (Å²) in [6.07, 6.45) is 2.50. The van der Waals surface area contributed by atoms with Crippen molar-refractivity contribution in [3.8, 4) is 0 Å². The number of H-pyrrole nitrogens is 1. The van der Waals surface area contributed by atoms with Gasteiger partial charge in [-0.1, -0.05) is 13.8 Å². The van der Waals surface area contributed by atoms with Gasteiger partial charge in [0.25, 0.3) is 5.56 Å². The van der Waals surface area contributed by atoms with Crippen LogP contribution in [-0.4, -0.2) is 23.1 Å². The van der Waals surface area contributed by atoms with Crippen molar-refractivity contribution in [2.24, 2.45) is 5.92 Å². The lowest BCUT2D eigenvalue weighted by molar-refractivity contribution is 0.613. The lowest BCUT2D eigenvalue weighted by Crippen LogP contribution is -2.21. The Labute approximate surface area is 95.5 Å². The number of rotatable bonds is 2. The van der Waals surface area contributed by atoms with Gasteiger partial charge in [0.15, 0.2) is 0 Å². The van der Waals surface area contributed by atoms with Gasteiger partial charge < -0.3 is 10.3 Å². The Kier molecular flexibility index (Phi) is 3.39. The lowest BCUT2D eigenvalue weighted by atomic mass is 10.1. The first-order chi connectivity index (χ1) is 7.66. The molecule has 0 fully saturated rings. The van der Waals surface area contributed by atoms with Gasteiger partial charge in [-0.25, -0.2) is 4.98 Å². The molecule has 1 aromatic heterocycles. The van der Waals surface area contributed by atoms with E-state index in [1.165, 1.54) is 0 Å². The minimum absolute atomic E-state index is 0.0596. The minimum atomic E-state index is 0.0596. The molecule has 1 aliphatic rings. The highest BCUT2D eigenvalue weighted by Gasteiger charge is 2.14. The molecule has 0 aromatic carbocycles. The maximum absolute atomic E-state index is 11.9. The minimum Gasteiger partial charge on any atom is -0.316 e. The SMILES string of the molecule is CC(C)Cc1nc2c(c(=O)[nH]1)CCNCC2. The zero-order valence-corrected chi connectivity index (χ0v) is 9.97. The fourth-order valence-corrected chi connectivity index (χ4v) is 2.09. The van der Waals surface area contributed by atoms with Crippen LogP contribution in [0.25, 0.3) is 0 Å². The molecule has 16 heavy (non-hydrogen) atoms. The van der Waals surface area contributed by atoms with E-state index < -0.39 is 0 Å². The van der Waals surface area contributed by atoms with Crippen LogP contribution in [0.4, 0.5) is 0 Å². The van der Waals surface area contributed by atoms with Crippen LogP contribution in [0.2, 0.25) is 0 Å². The van der Waals surface area contributed by atoms with E-state index in [9.17, 15) is 4.79 Å². The fourth-order valence-electron chi connectivity index (χ4n) is 2.09. The molecule has 1 aromatic rings. The van der Waals surface area contributed by atoms with E-state index in [1.807, 2.05) is 0 Å². The lowest BCUT2D eigenvalue weighted by Gasteiger charge is -2.08. The zero-order valence-electron chi connectivity index (χ0n) is 9.97. The first-order valence-electron chi connectivity index (χ1n) is 5.98. The maximum atomic E-state index is 11.9.